The molecular weight excluding hydrogens is 304 g/mol. The third kappa shape index (κ3) is 3.78. The van der Waals surface area contributed by atoms with E-state index in [4.69, 9.17) is 0 Å². The van der Waals surface area contributed by atoms with Gasteiger partial charge in [0.15, 0.2) is 0 Å². The van der Waals surface area contributed by atoms with Gasteiger partial charge in [0.2, 0.25) is 0 Å². The third-order valence-electron chi connectivity index (χ3n) is 3.62. The summed E-state index contributed by atoms with van der Waals surface area (Å²) in [6.07, 6.45) is 5.97. The lowest BCUT2D eigenvalue weighted by molar-refractivity contribution is 0.0952. The second-order valence-electron chi connectivity index (χ2n) is 5.34. The van der Waals surface area contributed by atoms with Crippen molar-refractivity contribution in [1.82, 2.24) is 19.7 Å². The monoisotopic (exact) mass is 322 g/mol. The maximum absolute atomic E-state index is 12.3. The van der Waals surface area contributed by atoms with Crippen molar-refractivity contribution in [2.75, 3.05) is 6.54 Å². The van der Waals surface area contributed by atoms with E-state index in [1.807, 2.05) is 47.3 Å². The van der Waals surface area contributed by atoms with Crippen molar-refractivity contribution < 1.29 is 4.79 Å². The molecule has 122 valence electrons. The van der Waals surface area contributed by atoms with Crippen LogP contribution < -0.4 is 10.9 Å². The number of rotatable bonds is 6. The van der Waals surface area contributed by atoms with Gasteiger partial charge in [0, 0.05) is 43.4 Å². The van der Waals surface area contributed by atoms with Crippen LogP contribution in [0.1, 0.15) is 16.8 Å². The molecule has 6 heteroatoms. The Morgan fingerprint density at radius 1 is 1.08 bits per heavy atom. The lowest BCUT2D eigenvalue weighted by Crippen LogP contribution is -2.27. The van der Waals surface area contributed by atoms with E-state index in [0.717, 1.165) is 18.7 Å². The van der Waals surface area contributed by atoms with E-state index in [9.17, 15) is 9.59 Å². The quantitative estimate of drug-likeness (QED) is 0.704. The number of nitrogens with zero attached hydrogens (tertiary/aromatic N) is 3. The van der Waals surface area contributed by atoms with Gasteiger partial charge in [-0.15, -0.1) is 0 Å². The molecular formula is C18H18N4O2. The smallest absolute Gasteiger partial charge is 0.255 e. The molecule has 2 aromatic heterocycles. The Bertz CT molecular complexity index is 854. The van der Waals surface area contributed by atoms with E-state index in [2.05, 4.69) is 10.4 Å². The lowest BCUT2D eigenvalue weighted by Gasteiger charge is -2.09. The summed E-state index contributed by atoms with van der Waals surface area (Å²) in [7, 11) is 0. The molecule has 6 nitrogen and oxygen atoms in total. The van der Waals surface area contributed by atoms with Crippen LogP contribution in [-0.2, 0) is 6.54 Å². The Morgan fingerprint density at radius 2 is 1.92 bits per heavy atom. The molecule has 0 atom stereocenters. The summed E-state index contributed by atoms with van der Waals surface area (Å²) in [5.41, 5.74) is 1.02. The molecule has 0 fully saturated rings. The highest BCUT2D eigenvalue weighted by Crippen LogP contribution is 2.05. The van der Waals surface area contributed by atoms with Crippen LogP contribution in [0.4, 0.5) is 0 Å². The van der Waals surface area contributed by atoms with Crippen molar-refractivity contribution in [3.63, 3.8) is 0 Å². The average molecular weight is 322 g/mol. The number of carbonyl (C=O) groups excluding carboxylic acids is 1. The Kier molecular flexibility index (Phi) is 4.86. The molecule has 0 bridgehead atoms. The summed E-state index contributed by atoms with van der Waals surface area (Å²) in [6, 6.07) is 14.1. The number of amides is 1. The molecule has 3 aromatic rings. The van der Waals surface area contributed by atoms with Gasteiger partial charge in [-0.1, -0.05) is 18.2 Å². The second-order valence-corrected chi connectivity index (χ2v) is 5.34. The number of carbonyl (C=O) groups is 1. The first-order valence-electron chi connectivity index (χ1n) is 7.78. The van der Waals surface area contributed by atoms with Crippen LogP contribution in [0.25, 0.3) is 5.69 Å². The summed E-state index contributed by atoms with van der Waals surface area (Å²) in [4.78, 5) is 24.3. The minimum atomic E-state index is -0.194. The Hall–Kier alpha value is -3.15. The predicted octanol–water partition coefficient (Wildman–Crippen LogP) is 1.85. The number of pyridine rings is 1. The lowest BCUT2D eigenvalue weighted by atomic mass is 10.2. The standard InChI is InChI=1S/C18H18N4O2/c23-17-9-8-15(14-22(17)16-6-2-1-3-7-16)18(24)19-10-4-12-21-13-5-11-20-21/h1-3,5-9,11,13-14H,4,10,12H2,(H,19,24). The number of aromatic nitrogens is 3. The van der Waals surface area contributed by atoms with Gasteiger partial charge in [-0.3, -0.25) is 18.8 Å². The first-order chi connectivity index (χ1) is 11.7. The maximum Gasteiger partial charge on any atom is 0.255 e. The van der Waals surface area contributed by atoms with Gasteiger partial charge in [-0.25, -0.2) is 0 Å². The van der Waals surface area contributed by atoms with E-state index in [0.29, 0.717) is 12.1 Å². The van der Waals surface area contributed by atoms with Gasteiger partial charge >= 0.3 is 0 Å². The molecule has 1 N–H and O–H groups in total. The van der Waals surface area contributed by atoms with Crippen LogP contribution in [0.5, 0.6) is 0 Å². The first-order valence-corrected chi connectivity index (χ1v) is 7.78. The highest BCUT2D eigenvalue weighted by molar-refractivity contribution is 5.93. The number of aryl methyl sites for hydroxylation is 1. The number of benzene rings is 1. The van der Waals surface area contributed by atoms with Crippen LogP contribution >= 0.6 is 0 Å². The zero-order chi connectivity index (χ0) is 16.8. The number of nitrogens with one attached hydrogen (secondary N) is 1. The average Bonchev–Trinajstić information content (AvgIpc) is 3.13. The number of hydrogen-bond acceptors (Lipinski definition) is 3. The number of hydrogen-bond donors (Lipinski definition) is 1. The topological polar surface area (TPSA) is 68.9 Å². The van der Waals surface area contributed by atoms with E-state index in [1.54, 1.807) is 18.5 Å². The highest BCUT2D eigenvalue weighted by Gasteiger charge is 2.08. The van der Waals surface area contributed by atoms with Crippen molar-refractivity contribution >= 4 is 5.91 Å². The molecule has 0 spiro atoms. The molecule has 0 saturated carbocycles. The molecule has 3 rings (SSSR count). The van der Waals surface area contributed by atoms with Gasteiger partial charge in [-0.2, -0.15) is 5.10 Å². The minimum Gasteiger partial charge on any atom is -0.352 e. The van der Waals surface area contributed by atoms with E-state index >= 15 is 0 Å². The largest absolute Gasteiger partial charge is 0.352 e. The summed E-state index contributed by atoms with van der Waals surface area (Å²) in [5, 5.41) is 6.98. The molecule has 24 heavy (non-hydrogen) atoms. The van der Waals surface area contributed by atoms with E-state index in [-0.39, 0.29) is 11.5 Å². The minimum absolute atomic E-state index is 0.170. The molecule has 0 aliphatic rings. The molecule has 0 saturated heterocycles. The fourth-order valence-electron chi connectivity index (χ4n) is 2.39. The van der Waals surface area contributed by atoms with Crippen molar-refractivity contribution in [1.29, 1.82) is 0 Å². The summed E-state index contributed by atoms with van der Waals surface area (Å²) in [5.74, 6) is -0.194. The van der Waals surface area contributed by atoms with Crippen LogP contribution in [-0.4, -0.2) is 26.8 Å². The Labute approximate surface area is 139 Å². The normalized spacial score (nSPS) is 10.5. The Balaban J connectivity index is 1.64. The van der Waals surface area contributed by atoms with E-state index < -0.39 is 0 Å². The molecule has 0 aliphatic carbocycles. The first kappa shape index (κ1) is 15.7. The molecule has 1 amide bonds. The predicted molar refractivity (Wildman–Crippen MR) is 91.2 cm³/mol. The Morgan fingerprint density at radius 3 is 2.67 bits per heavy atom. The van der Waals surface area contributed by atoms with Crippen molar-refractivity contribution in [3.05, 3.63) is 83.0 Å². The summed E-state index contributed by atoms with van der Waals surface area (Å²) in [6.45, 7) is 1.29. The summed E-state index contributed by atoms with van der Waals surface area (Å²) >= 11 is 0. The molecule has 0 unspecified atom stereocenters. The van der Waals surface area contributed by atoms with Gasteiger partial charge in [0.25, 0.3) is 11.5 Å². The zero-order valence-electron chi connectivity index (χ0n) is 13.1. The van der Waals surface area contributed by atoms with Crippen molar-refractivity contribution in [2.24, 2.45) is 0 Å². The van der Waals surface area contributed by atoms with Crippen molar-refractivity contribution in [2.45, 2.75) is 13.0 Å². The second kappa shape index (κ2) is 7.41. The highest BCUT2D eigenvalue weighted by atomic mass is 16.2. The van der Waals surface area contributed by atoms with E-state index in [1.165, 1.54) is 10.6 Å². The molecule has 1 aromatic carbocycles. The SMILES string of the molecule is O=C(NCCCn1cccn1)c1ccc(=O)n(-c2ccccc2)c1. The fraction of sp³-hybridized carbons (Fsp3) is 0.167. The summed E-state index contributed by atoms with van der Waals surface area (Å²) < 4.78 is 3.29. The van der Waals surface area contributed by atoms with Crippen LogP contribution in [0.15, 0.2) is 71.9 Å². The van der Waals surface area contributed by atoms with Crippen LogP contribution in [0.2, 0.25) is 0 Å². The van der Waals surface area contributed by atoms with Crippen molar-refractivity contribution in [3.8, 4) is 5.69 Å². The molecule has 0 radical (unpaired) electrons. The van der Waals surface area contributed by atoms with Crippen LogP contribution in [0.3, 0.4) is 0 Å². The van der Waals surface area contributed by atoms with Gasteiger partial charge in [-0.05, 0) is 30.7 Å². The third-order valence-corrected chi connectivity index (χ3v) is 3.62. The zero-order valence-corrected chi connectivity index (χ0v) is 13.1. The van der Waals surface area contributed by atoms with Crippen LogP contribution in [0, 0.1) is 0 Å². The maximum atomic E-state index is 12.3. The molecule has 2 heterocycles. The fourth-order valence-corrected chi connectivity index (χ4v) is 2.39. The molecule has 0 aliphatic heterocycles. The number of para-hydroxylation sites is 1. The van der Waals surface area contributed by atoms with Gasteiger partial charge < -0.3 is 5.32 Å². The van der Waals surface area contributed by atoms with Gasteiger partial charge in [0.1, 0.15) is 0 Å². The van der Waals surface area contributed by atoms with Gasteiger partial charge in [0.05, 0.1) is 5.56 Å².